The average molecular weight is 339 g/mol. The van der Waals surface area contributed by atoms with Crippen molar-refractivity contribution in [1.82, 2.24) is 9.78 Å². The standard InChI is InChI=1S/C15H19BrN2O2/c1-11(2)20-10-14(19)9-18-8-7-15(17-18)12-3-5-13(16)6-4-12/h3-8,11,14,19H,9-10H2,1-2H3. The van der Waals surface area contributed by atoms with Crippen molar-refractivity contribution in [1.29, 1.82) is 0 Å². The van der Waals surface area contributed by atoms with Crippen LogP contribution in [0.5, 0.6) is 0 Å². The molecule has 1 atom stereocenters. The second-order valence-electron chi connectivity index (χ2n) is 4.97. The Bertz CT molecular complexity index is 537. The van der Waals surface area contributed by atoms with Crippen molar-refractivity contribution in [3.05, 3.63) is 41.0 Å². The lowest BCUT2D eigenvalue weighted by Crippen LogP contribution is -2.24. The normalized spacial score (nSPS) is 12.8. The fourth-order valence-corrected chi connectivity index (χ4v) is 2.07. The van der Waals surface area contributed by atoms with E-state index in [9.17, 15) is 5.11 Å². The van der Waals surface area contributed by atoms with E-state index in [0.717, 1.165) is 15.7 Å². The number of aromatic nitrogens is 2. The van der Waals surface area contributed by atoms with Gasteiger partial charge in [-0.3, -0.25) is 4.68 Å². The summed E-state index contributed by atoms with van der Waals surface area (Å²) >= 11 is 3.41. The van der Waals surface area contributed by atoms with E-state index in [1.807, 2.05) is 50.4 Å². The minimum atomic E-state index is -0.546. The zero-order chi connectivity index (χ0) is 14.5. The molecule has 0 aliphatic heterocycles. The molecule has 2 aromatic rings. The highest BCUT2D eigenvalue weighted by molar-refractivity contribution is 9.10. The van der Waals surface area contributed by atoms with E-state index < -0.39 is 6.10 Å². The van der Waals surface area contributed by atoms with Crippen molar-refractivity contribution in [3.8, 4) is 11.3 Å². The summed E-state index contributed by atoms with van der Waals surface area (Å²) in [5.74, 6) is 0. The summed E-state index contributed by atoms with van der Waals surface area (Å²) < 4.78 is 8.17. The number of nitrogens with zero attached hydrogens (tertiary/aromatic N) is 2. The molecule has 0 spiro atoms. The molecule has 0 aliphatic carbocycles. The van der Waals surface area contributed by atoms with Crippen LogP contribution in [0, 0.1) is 0 Å². The summed E-state index contributed by atoms with van der Waals surface area (Å²) in [6, 6.07) is 9.93. The molecular weight excluding hydrogens is 320 g/mol. The van der Waals surface area contributed by atoms with Crippen LogP contribution >= 0.6 is 15.9 Å². The zero-order valence-corrected chi connectivity index (χ0v) is 13.2. The summed E-state index contributed by atoms with van der Waals surface area (Å²) in [5, 5.41) is 14.3. The maximum atomic E-state index is 9.88. The fourth-order valence-electron chi connectivity index (χ4n) is 1.81. The summed E-state index contributed by atoms with van der Waals surface area (Å²) in [4.78, 5) is 0. The molecule has 0 radical (unpaired) electrons. The highest BCUT2D eigenvalue weighted by atomic mass is 79.9. The van der Waals surface area contributed by atoms with Crippen LogP contribution in [0.15, 0.2) is 41.0 Å². The van der Waals surface area contributed by atoms with Crippen LogP contribution in [0.4, 0.5) is 0 Å². The van der Waals surface area contributed by atoms with Gasteiger partial charge in [0.1, 0.15) is 0 Å². The molecular formula is C15H19BrN2O2. The number of halogens is 1. The molecule has 0 saturated heterocycles. The molecule has 0 aliphatic rings. The van der Waals surface area contributed by atoms with Gasteiger partial charge in [0.25, 0.3) is 0 Å². The van der Waals surface area contributed by atoms with Gasteiger partial charge in [-0.25, -0.2) is 0 Å². The highest BCUT2D eigenvalue weighted by Crippen LogP contribution is 2.19. The van der Waals surface area contributed by atoms with Gasteiger partial charge in [0.15, 0.2) is 0 Å². The number of ether oxygens (including phenoxy) is 1. The van der Waals surface area contributed by atoms with Crippen LogP contribution in [0.25, 0.3) is 11.3 Å². The minimum Gasteiger partial charge on any atom is -0.389 e. The maximum absolute atomic E-state index is 9.88. The van der Waals surface area contributed by atoms with E-state index in [-0.39, 0.29) is 6.10 Å². The quantitative estimate of drug-likeness (QED) is 0.880. The Morgan fingerprint density at radius 3 is 2.60 bits per heavy atom. The lowest BCUT2D eigenvalue weighted by atomic mass is 10.2. The first-order valence-corrected chi connectivity index (χ1v) is 7.43. The number of benzene rings is 1. The number of rotatable bonds is 6. The zero-order valence-electron chi connectivity index (χ0n) is 11.7. The Hall–Kier alpha value is -1.17. The van der Waals surface area contributed by atoms with Crippen LogP contribution in [0.1, 0.15) is 13.8 Å². The molecule has 1 N–H and O–H groups in total. The van der Waals surface area contributed by atoms with Gasteiger partial charge in [-0.1, -0.05) is 28.1 Å². The van der Waals surface area contributed by atoms with Crippen molar-refractivity contribution in [2.24, 2.45) is 0 Å². The molecule has 1 heterocycles. The highest BCUT2D eigenvalue weighted by Gasteiger charge is 2.09. The molecule has 4 nitrogen and oxygen atoms in total. The predicted molar refractivity (Wildman–Crippen MR) is 82.5 cm³/mol. The lowest BCUT2D eigenvalue weighted by molar-refractivity contribution is -0.00199. The van der Waals surface area contributed by atoms with Crippen LogP contribution in [-0.4, -0.2) is 33.7 Å². The monoisotopic (exact) mass is 338 g/mol. The summed E-state index contributed by atoms with van der Waals surface area (Å²) in [6.45, 7) is 4.66. The third kappa shape index (κ3) is 4.44. The van der Waals surface area contributed by atoms with Crippen molar-refractivity contribution in [2.45, 2.75) is 32.6 Å². The predicted octanol–water partition coefficient (Wildman–Crippen LogP) is 3.10. The first kappa shape index (κ1) is 15.2. The number of aliphatic hydroxyl groups excluding tert-OH is 1. The molecule has 0 amide bonds. The van der Waals surface area contributed by atoms with Gasteiger partial charge >= 0.3 is 0 Å². The van der Waals surface area contributed by atoms with E-state index in [4.69, 9.17) is 4.74 Å². The van der Waals surface area contributed by atoms with E-state index in [0.29, 0.717) is 13.2 Å². The van der Waals surface area contributed by atoms with Crippen molar-refractivity contribution in [3.63, 3.8) is 0 Å². The van der Waals surface area contributed by atoms with Gasteiger partial charge < -0.3 is 9.84 Å². The lowest BCUT2D eigenvalue weighted by Gasteiger charge is -2.13. The molecule has 0 fully saturated rings. The van der Waals surface area contributed by atoms with E-state index in [1.54, 1.807) is 4.68 Å². The van der Waals surface area contributed by atoms with Crippen LogP contribution in [-0.2, 0) is 11.3 Å². The summed E-state index contributed by atoms with van der Waals surface area (Å²) in [6.07, 6.45) is 1.45. The first-order chi connectivity index (χ1) is 9.54. The van der Waals surface area contributed by atoms with Gasteiger partial charge in [0.2, 0.25) is 0 Å². The molecule has 2 rings (SSSR count). The Balaban J connectivity index is 1.96. The second kappa shape index (κ2) is 7.02. The van der Waals surface area contributed by atoms with Crippen molar-refractivity contribution < 1.29 is 9.84 Å². The number of hydrogen-bond acceptors (Lipinski definition) is 3. The largest absolute Gasteiger partial charge is 0.389 e. The third-order valence-electron chi connectivity index (χ3n) is 2.80. The van der Waals surface area contributed by atoms with Crippen molar-refractivity contribution in [2.75, 3.05) is 6.61 Å². The smallest absolute Gasteiger partial charge is 0.0969 e. The van der Waals surface area contributed by atoms with E-state index >= 15 is 0 Å². The second-order valence-corrected chi connectivity index (χ2v) is 5.88. The average Bonchev–Trinajstić information content (AvgIpc) is 2.85. The first-order valence-electron chi connectivity index (χ1n) is 6.63. The molecule has 0 bridgehead atoms. The van der Waals surface area contributed by atoms with Crippen LogP contribution < -0.4 is 0 Å². The topological polar surface area (TPSA) is 47.3 Å². The van der Waals surface area contributed by atoms with Crippen LogP contribution in [0.3, 0.4) is 0 Å². The Morgan fingerprint density at radius 2 is 1.95 bits per heavy atom. The minimum absolute atomic E-state index is 0.126. The van der Waals surface area contributed by atoms with Gasteiger partial charge in [0, 0.05) is 16.2 Å². The Labute approximate surface area is 127 Å². The fraction of sp³-hybridized carbons (Fsp3) is 0.400. The molecule has 0 saturated carbocycles. The Morgan fingerprint density at radius 1 is 1.25 bits per heavy atom. The van der Waals surface area contributed by atoms with Crippen molar-refractivity contribution >= 4 is 15.9 Å². The SMILES string of the molecule is CC(C)OCC(O)Cn1ccc(-c2ccc(Br)cc2)n1. The molecule has 108 valence electrons. The summed E-state index contributed by atoms with van der Waals surface area (Å²) in [7, 11) is 0. The molecule has 1 unspecified atom stereocenters. The molecule has 5 heteroatoms. The van der Waals surface area contributed by atoms with Gasteiger partial charge in [-0.2, -0.15) is 5.10 Å². The van der Waals surface area contributed by atoms with Gasteiger partial charge in [-0.05, 0) is 32.0 Å². The third-order valence-corrected chi connectivity index (χ3v) is 3.33. The molecule has 1 aromatic carbocycles. The van der Waals surface area contributed by atoms with Crippen LogP contribution in [0.2, 0.25) is 0 Å². The van der Waals surface area contributed by atoms with E-state index in [2.05, 4.69) is 21.0 Å². The van der Waals surface area contributed by atoms with Gasteiger partial charge in [0.05, 0.1) is 31.1 Å². The molecule has 1 aromatic heterocycles. The maximum Gasteiger partial charge on any atom is 0.0969 e. The van der Waals surface area contributed by atoms with E-state index in [1.165, 1.54) is 0 Å². The Kier molecular flexibility index (Phi) is 5.34. The molecule has 20 heavy (non-hydrogen) atoms. The summed E-state index contributed by atoms with van der Waals surface area (Å²) in [5.41, 5.74) is 1.95. The number of hydrogen-bond donors (Lipinski definition) is 1. The number of aliphatic hydroxyl groups is 1. The van der Waals surface area contributed by atoms with Gasteiger partial charge in [-0.15, -0.1) is 0 Å².